The molecule has 0 atom stereocenters. The molecule has 0 aliphatic carbocycles. The maximum Gasteiger partial charge on any atom is 0.119 e. The van der Waals surface area contributed by atoms with Gasteiger partial charge in [-0.05, 0) is 69.6 Å². The van der Waals surface area contributed by atoms with Gasteiger partial charge in [0.25, 0.3) is 0 Å². The number of hydrogen-bond acceptors (Lipinski definition) is 4. The second-order valence-corrected chi connectivity index (χ2v) is 8.57. The summed E-state index contributed by atoms with van der Waals surface area (Å²) in [5.41, 5.74) is 3.36. The Morgan fingerprint density at radius 3 is 2.64 bits per heavy atom. The Hall–Kier alpha value is -2.37. The van der Waals surface area contributed by atoms with E-state index in [4.69, 9.17) is 9.84 Å². The van der Waals surface area contributed by atoms with Crippen LogP contribution < -0.4 is 4.74 Å². The summed E-state index contributed by atoms with van der Waals surface area (Å²) in [4.78, 5) is 2.53. The molecule has 0 bridgehead atoms. The van der Waals surface area contributed by atoms with Crippen LogP contribution in [0.25, 0.3) is 26.0 Å². The number of aryl methyl sites for hydroxylation is 1. The average molecular weight is 392 g/mol. The van der Waals surface area contributed by atoms with Gasteiger partial charge in [-0.15, -0.1) is 11.3 Å². The number of nitrogens with zero attached hydrogens (tertiary/aromatic N) is 3. The second-order valence-electron chi connectivity index (χ2n) is 7.52. The summed E-state index contributed by atoms with van der Waals surface area (Å²) in [6.45, 7) is 6.52. The van der Waals surface area contributed by atoms with Crippen LogP contribution in [0.4, 0.5) is 0 Å². The molecule has 0 amide bonds. The van der Waals surface area contributed by atoms with Gasteiger partial charge in [0.05, 0.1) is 28.2 Å². The Morgan fingerprint density at radius 1 is 1.04 bits per heavy atom. The van der Waals surface area contributed by atoms with Gasteiger partial charge in [0.2, 0.25) is 0 Å². The molecule has 2 aromatic carbocycles. The molecule has 5 heteroatoms. The third-order valence-electron chi connectivity index (χ3n) is 5.53. The monoisotopic (exact) mass is 391 g/mol. The van der Waals surface area contributed by atoms with Crippen LogP contribution in [0.15, 0.2) is 48.5 Å². The summed E-state index contributed by atoms with van der Waals surface area (Å²) in [5.74, 6) is 0.931. The largest absolute Gasteiger partial charge is 0.494 e. The number of ether oxygens (including phenoxy) is 1. The first-order chi connectivity index (χ1) is 13.8. The van der Waals surface area contributed by atoms with Crippen LogP contribution in [-0.4, -0.2) is 40.9 Å². The minimum absolute atomic E-state index is 0.774. The van der Waals surface area contributed by atoms with Crippen molar-refractivity contribution in [3.05, 3.63) is 54.2 Å². The van der Waals surface area contributed by atoms with Gasteiger partial charge in [-0.3, -0.25) is 0 Å². The third-order valence-corrected chi connectivity index (χ3v) is 6.80. The third kappa shape index (κ3) is 3.29. The molecule has 2 aromatic heterocycles. The van der Waals surface area contributed by atoms with Crippen molar-refractivity contribution in [2.45, 2.75) is 26.2 Å². The average Bonchev–Trinajstić information content (AvgIpc) is 3.43. The second kappa shape index (κ2) is 7.57. The zero-order valence-corrected chi connectivity index (χ0v) is 17.0. The van der Waals surface area contributed by atoms with E-state index in [-0.39, 0.29) is 0 Å². The van der Waals surface area contributed by atoms with Crippen LogP contribution in [0.2, 0.25) is 0 Å². The topological polar surface area (TPSA) is 30.3 Å². The van der Waals surface area contributed by atoms with Crippen molar-refractivity contribution in [2.75, 3.05) is 26.2 Å². The van der Waals surface area contributed by atoms with Gasteiger partial charge < -0.3 is 9.64 Å². The highest BCUT2D eigenvalue weighted by atomic mass is 32.1. The molecular weight excluding hydrogens is 366 g/mol. The molecule has 0 N–H and O–H groups in total. The van der Waals surface area contributed by atoms with Crippen molar-refractivity contribution in [3.63, 3.8) is 0 Å². The van der Waals surface area contributed by atoms with E-state index in [9.17, 15) is 0 Å². The number of benzene rings is 2. The Balaban J connectivity index is 1.33. The van der Waals surface area contributed by atoms with E-state index in [1.165, 1.54) is 46.2 Å². The molecule has 4 aromatic rings. The van der Waals surface area contributed by atoms with Crippen molar-refractivity contribution in [1.29, 1.82) is 0 Å². The maximum absolute atomic E-state index is 5.95. The number of hydrogen-bond donors (Lipinski definition) is 0. The van der Waals surface area contributed by atoms with Gasteiger partial charge in [-0.1, -0.05) is 18.2 Å². The molecule has 0 spiro atoms. The molecule has 0 radical (unpaired) electrons. The first-order valence-corrected chi connectivity index (χ1v) is 10.9. The van der Waals surface area contributed by atoms with Gasteiger partial charge in [-0.2, -0.15) is 5.10 Å². The van der Waals surface area contributed by atoms with Gasteiger partial charge in [0, 0.05) is 16.6 Å². The van der Waals surface area contributed by atoms with E-state index < -0.39 is 0 Å². The molecule has 1 aliphatic heterocycles. The normalized spacial score (nSPS) is 15.0. The highest BCUT2D eigenvalue weighted by Crippen LogP contribution is 2.36. The molecule has 144 valence electrons. The van der Waals surface area contributed by atoms with Gasteiger partial charge in [0.1, 0.15) is 5.75 Å². The minimum Gasteiger partial charge on any atom is -0.494 e. The van der Waals surface area contributed by atoms with E-state index in [1.54, 1.807) is 0 Å². The summed E-state index contributed by atoms with van der Waals surface area (Å²) in [7, 11) is 0. The quantitative estimate of drug-likeness (QED) is 0.412. The summed E-state index contributed by atoms with van der Waals surface area (Å²) in [6.07, 6.45) is 3.78. The van der Waals surface area contributed by atoms with E-state index in [0.717, 1.165) is 36.7 Å². The number of fused-ring (bicyclic) bond motifs is 3. The van der Waals surface area contributed by atoms with E-state index in [1.807, 2.05) is 11.3 Å². The Kier molecular flexibility index (Phi) is 4.79. The lowest BCUT2D eigenvalue weighted by atomic mass is 10.2. The molecular formula is C23H25N3OS. The van der Waals surface area contributed by atoms with Crippen LogP contribution in [0.1, 0.15) is 25.0 Å². The molecule has 3 heterocycles. The molecule has 28 heavy (non-hydrogen) atoms. The lowest BCUT2D eigenvalue weighted by molar-refractivity contribution is 0.263. The Bertz CT molecular complexity index is 1090. The van der Waals surface area contributed by atoms with E-state index in [0.29, 0.717) is 0 Å². The number of likely N-dealkylation sites (tertiary alicyclic amines) is 1. The van der Waals surface area contributed by atoms with Gasteiger partial charge >= 0.3 is 0 Å². The van der Waals surface area contributed by atoms with Crippen molar-refractivity contribution in [1.82, 2.24) is 14.7 Å². The zero-order chi connectivity index (χ0) is 18.9. The van der Waals surface area contributed by atoms with Crippen LogP contribution in [0.5, 0.6) is 5.75 Å². The highest BCUT2D eigenvalue weighted by molar-refractivity contribution is 7.26. The van der Waals surface area contributed by atoms with E-state index >= 15 is 0 Å². The van der Waals surface area contributed by atoms with Crippen molar-refractivity contribution < 1.29 is 4.74 Å². The van der Waals surface area contributed by atoms with Crippen LogP contribution in [0.3, 0.4) is 0 Å². The first kappa shape index (κ1) is 17.7. The maximum atomic E-state index is 5.95. The van der Waals surface area contributed by atoms with Crippen molar-refractivity contribution in [2.24, 2.45) is 0 Å². The summed E-state index contributed by atoms with van der Waals surface area (Å²) < 4.78 is 10.6. The first-order valence-electron chi connectivity index (χ1n) is 10.1. The molecule has 1 fully saturated rings. The number of rotatable bonds is 6. The molecule has 1 saturated heterocycles. The summed E-state index contributed by atoms with van der Waals surface area (Å²) in [6, 6.07) is 16.9. The predicted molar refractivity (Wildman–Crippen MR) is 117 cm³/mol. The molecule has 4 nitrogen and oxygen atoms in total. The van der Waals surface area contributed by atoms with Gasteiger partial charge in [-0.25, -0.2) is 4.68 Å². The van der Waals surface area contributed by atoms with Crippen LogP contribution >= 0.6 is 11.3 Å². The van der Waals surface area contributed by atoms with Crippen molar-refractivity contribution in [3.8, 4) is 11.4 Å². The van der Waals surface area contributed by atoms with Crippen LogP contribution in [0, 0.1) is 6.92 Å². The fraction of sp³-hybridized carbons (Fsp3) is 0.348. The van der Waals surface area contributed by atoms with Crippen LogP contribution in [-0.2, 0) is 0 Å². The lowest BCUT2D eigenvalue weighted by Crippen LogP contribution is -2.21. The standard InChI is InChI=1S/C23H25N3OS/c1-17-23-22(20-7-2-3-8-21(20)28-23)26(24-17)18-9-11-19(12-10-18)27-16-6-15-25-13-4-5-14-25/h2-3,7-12H,4-6,13-16H2,1H3. The Labute approximate surface area is 169 Å². The fourth-order valence-electron chi connectivity index (χ4n) is 4.09. The van der Waals surface area contributed by atoms with E-state index in [2.05, 4.69) is 65.0 Å². The minimum atomic E-state index is 0.774. The fourth-order valence-corrected chi connectivity index (χ4v) is 5.21. The lowest BCUT2D eigenvalue weighted by Gasteiger charge is -2.14. The summed E-state index contributed by atoms with van der Waals surface area (Å²) in [5, 5.41) is 6.07. The molecule has 0 saturated carbocycles. The molecule has 5 rings (SSSR count). The summed E-state index contributed by atoms with van der Waals surface area (Å²) >= 11 is 1.82. The SMILES string of the molecule is Cc1nn(-c2ccc(OCCCN3CCCC3)cc2)c2c1sc1ccccc12. The zero-order valence-electron chi connectivity index (χ0n) is 16.2. The smallest absolute Gasteiger partial charge is 0.119 e. The molecule has 0 unspecified atom stereocenters. The Morgan fingerprint density at radius 2 is 1.82 bits per heavy atom. The number of aromatic nitrogens is 2. The van der Waals surface area contributed by atoms with Crippen molar-refractivity contribution >= 4 is 31.6 Å². The van der Waals surface area contributed by atoms with Gasteiger partial charge in [0.15, 0.2) is 0 Å². The highest BCUT2D eigenvalue weighted by Gasteiger charge is 2.15. The molecule has 1 aliphatic rings. The number of thiophene rings is 1. The predicted octanol–water partition coefficient (Wildman–Crippen LogP) is 5.41.